The van der Waals surface area contributed by atoms with Gasteiger partial charge >= 0.3 is 0 Å². The van der Waals surface area contributed by atoms with Crippen molar-refractivity contribution in [2.24, 2.45) is 5.92 Å². The lowest BCUT2D eigenvalue weighted by atomic mass is 9.96. The Morgan fingerprint density at radius 3 is 2.15 bits per heavy atom. The molecular formula is C26H36. The third-order valence-electron chi connectivity index (χ3n) is 4.72. The second-order valence-corrected chi connectivity index (χ2v) is 6.89. The van der Waals surface area contributed by atoms with Crippen LogP contribution in [0.3, 0.4) is 0 Å². The molecule has 140 valence electrons. The molecular weight excluding hydrogens is 312 g/mol. The molecule has 1 unspecified atom stereocenters. The molecule has 2 aromatic carbocycles. The molecule has 0 heteroatoms. The van der Waals surface area contributed by atoms with Crippen LogP contribution in [0.4, 0.5) is 0 Å². The second-order valence-electron chi connectivity index (χ2n) is 6.89. The van der Waals surface area contributed by atoms with Gasteiger partial charge in [0.2, 0.25) is 0 Å². The van der Waals surface area contributed by atoms with Crippen molar-refractivity contribution in [3.05, 3.63) is 59.2 Å². The van der Waals surface area contributed by atoms with E-state index >= 15 is 0 Å². The molecule has 0 aliphatic heterocycles. The third-order valence-corrected chi connectivity index (χ3v) is 4.72. The van der Waals surface area contributed by atoms with Crippen LogP contribution >= 0.6 is 0 Å². The molecule has 0 aliphatic rings. The highest BCUT2D eigenvalue weighted by Gasteiger charge is 2.03. The topological polar surface area (TPSA) is 0 Å². The molecule has 0 saturated heterocycles. The van der Waals surface area contributed by atoms with Crippen molar-refractivity contribution in [1.29, 1.82) is 0 Å². The van der Waals surface area contributed by atoms with E-state index in [1.54, 1.807) is 0 Å². The lowest BCUT2D eigenvalue weighted by Crippen LogP contribution is -1.95. The summed E-state index contributed by atoms with van der Waals surface area (Å²) in [7, 11) is 0. The number of rotatable bonds is 7. The molecule has 0 aromatic heterocycles. The van der Waals surface area contributed by atoms with Crippen molar-refractivity contribution in [2.45, 2.75) is 73.6 Å². The Hall–Kier alpha value is -2.00. The predicted molar refractivity (Wildman–Crippen MR) is 118 cm³/mol. The fraction of sp³-hybridized carbons (Fsp3) is 0.462. The van der Waals surface area contributed by atoms with E-state index < -0.39 is 0 Å². The Labute approximate surface area is 162 Å². The number of benzene rings is 2. The number of aryl methyl sites for hydroxylation is 2. The summed E-state index contributed by atoms with van der Waals surface area (Å²) in [5.41, 5.74) is 6.39. The lowest BCUT2D eigenvalue weighted by molar-refractivity contribution is 0.469. The Morgan fingerprint density at radius 1 is 0.923 bits per heavy atom. The summed E-state index contributed by atoms with van der Waals surface area (Å²) >= 11 is 0. The SMILES string of the molecule is CC.CC#Cc1ccc(-c2ccc(CCCC(C)CCC)cc2)cc1C. The van der Waals surface area contributed by atoms with Crippen molar-refractivity contribution in [2.75, 3.05) is 0 Å². The van der Waals surface area contributed by atoms with Gasteiger partial charge in [0, 0.05) is 5.56 Å². The summed E-state index contributed by atoms with van der Waals surface area (Å²) < 4.78 is 0. The summed E-state index contributed by atoms with van der Waals surface area (Å²) in [4.78, 5) is 0. The van der Waals surface area contributed by atoms with Crippen LogP contribution < -0.4 is 0 Å². The van der Waals surface area contributed by atoms with Crippen molar-refractivity contribution in [1.82, 2.24) is 0 Å². The van der Waals surface area contributed by atoms with E-state index in [0.29, 0.717) is 0 Å². The van der Waals surface area contributed by atoms with E-state index in [9.17, 15) is 0 Å². The van der Waals surface area contributed by atoms with Crippen LogP contribution in [0.1, 0.15) is 77.0 Å². The minimum absolute atomic E-state index is 0.863. The second kappa shape index (κ2) is 12.4. The van der Waals surface area contributed by atoms with Crippen LogP contribution in [0, 0.1) is 24.7 Å². The van der Waals surface area contributed by atoms with E-state index in [1.807, 2.05) is 20.8 Å². The lowest BCUT2D eigenvalue weighted by Gasteiger charge is -2.10. The average molecular weight is 349 g/mol. The molecule has 1 atom stereocenters. The minimum atomic E-state index is 0.863. The first-order chi connectivity index (χ1) is 12.6. The van der Waals surface area contributed by atoms with Crippen LogP contribution in [0.2, 0.25) is 0 Å². The van der Waals surface area contributed by atoms with Gasteiger partial charge in [0.05, 0.1) is 0 Å². The van der Waals surface area contributed by atoms with Gasteiger partial charge in [-0.15, -0.1) is 5.92 Å². The van der Waals surface area contributed by atoms with Crippen molar-refractivity contribution >= 4 is 0 Å². The highest BCUT2D eigenvalue weighted by atomic mass is 14.1. The molecule has 0 bridgehead atoms. The normalized spacial score (nSPS) is 11.0. The van der Waals surface area contributed by atoms with Crippen LogP contribution in [-0.4, -0.2) is 0 Å². The summed E-state index contributed by atoms with van der Waals surface area (Å²) in [6, 6.07) is 15.6. The van der Waals surface area contributed by atoms with Crippen LogP contribution in [0.5, 0.6) is 0 Å². The monoisotopic (exact) mass is 348 g/mol. The Balaban J connectivity index is 0.00000163. The number of hydrogen-bond acceptors (Lipinski definition) is 0. The van der Waals surface area contributed by atoms with Crippen LogP contribution in [-0.2, 0) is 6.42 Å². The van der Waals surface area contributed by atoms with Gasteiger partial charge in [0.25, 0.3) is 0 Å². The molecule has 26 heavy (non-hydrogen) atoms. The fourth-order valence-corrected chi connectivity index (χ4v) is 3.27. The van der Waals surface area contributed by atoms with Gasteiger partial charge in [-0.25, -0.2) is 0 Å². The molecule has 0 nitrogen and oxygen atoms in total. The molecule has 2 rings (SSSR count). The van der Waals surface area contributed by atoms with Gasteiger partial charge in [0.1, 0.15) is 0 Å². The molecule has 0 spiro atoms. The van der Waals surface area contributed by atoms with E-state index in [0.717, 1.165) is 11.5 Å². The van der Waals surface area contributed by atoms with Crippen molar-refractivity contribution in [3.8, 4) is 23.0 Å². The van der Waals surface area contributed by atoms with Crippen LogP contribution in [0.25, 0.3) is 11.1 Å². The molecule has 0 amide bonds. The Kier molecular flexibility index (Phi) is 10.5. The average Bonchev–Trinajstić information content (AvgIpc) is 2.66. The minimum Gasteiger partial charge on any atom is -0.101 e. The standard InChI is InChI=1S/C24H30.C2H6/c1-5-8-19(3)10-7-11-21-12-14-23(15-13-21)24-17-16-22(9-6-2)20(4)18-24;1-2/h12-19H,5,7-8,10-11H2,1-4H3;1-2H3. The first kappa shape index (κ1) is 22.0. The van der Waals surface area contributed by atoms with E-state index in [1.165, 1.54) is 54.4 Å². The maximum Gasteiger partial charge on any atom is 0.0274 e. The molecule has 0 radical (unpaired) electrons. The molecule has 2 aromatic rings. The molecule has 0 aliphatic carbocycles. The summed E-state index contributed by atoms with van der Waals surface area (Å²) in [6.45, 7) is 12.7. The molecule has 0 fully saturated rings. The van der Waals surface area contributed by atoms with Gasteiger partial charge in [-0.1, -0.05) is 89.3 Å². The molecule has 0 N–H and O–H groups in total. The first-order valence-electron chi connectivity index (χ1n) is 10.3. The van der Waals surface area contributed by atoms with Gasteiger partial charge in [0.15, 0.2) is 0 Å². The van der Waals surface area contributed by atoms with Crippen molar-refractivity contribution in [3.63, 3.8) is 0 Å². The third kappa shape index (κ3) is 7.09. The molecule has 0 heterocycles. The Bertz CT molecular complexity index is 695. The maximum absolute atomic E-state index is 3.15. The summed E-state index contributed by atoms with van der Waals surface area (Å²) in [6.07, 6.45) is 6.49. The fourth-order valence-electron chi connectivity index (χ4n) is 3.27. The van der Waals surface area contributed by atoms with Gasteiger partial charge in [-0.2, -0.15) is 0 Å². The smallest absolute Gasteiger partial charge is 0.0274 e. The zero-order chi connectivity index (χ0) is 19.4. The predicted octanol–water partition coefficient (Wildman–Crippen LogP) is 7.82. The van der Waals surface area contributed by atoms with Gasteiger partial charge < -0.3 is 0 Å². The summed E-state index contributed by atoms with van der Waals surface area (Å²) in [5, 5.41) is 0. The van der Waals surface area contributed by atoms with E-state index in [2.05, 4.69) is 75.1 Å². The highest BCUT2D eigenvalue weighted by molar-refractivity contribution is 5.66. The maximum atomic E-state index is 3.15. The quantitative estimate of drug-likeness (QED) is 0.447. The zero-order valence-corrected chi connectivity index (χ0v) is 17.7. The van der Waals surface area contributed by atoms with E-state index in [4.69, 9.17) is 0 Å². The first-order valence-corrected chi connectivity index (χ1v) is 10.3. The van der Waals surface area contributed by atoms with Gasteiger partial charge in [-0.05, 0) is 60.9 Å². The largest absolute Gasteiger partial charge is 0.101 e. The molecule has 0 saturated carbocycles. The highest BCUT2D eigenvalue weighted by Crippen LogP contribution is 2.23. The summed E-state index contributed by atoms with van der Waals surface area (Å²) in [5.74, 6) is 6.99. The van der Waals surface area contributed by atoms with Gasteiger partial charge in [-0.3, -0.25) is 0 Å². The number of hydrogen-bond donors (Lipinski definition) is 0. The zero-order valence-electron chi connectivity index (χ0n) is 17.7. The van der Waals surface area contributed by atoms with E-state index in [-0.39, 0.29) is 0 Å². The Morgan fingerprint density at radius 2 is 1.58 bits per heavy atom. The van der Waals surface area contributed by atoms with Crippen LogP contribution in [0.15, 0.2) is 42.5 Å². The van der Waals surface area contributed by atoms with Crippen molar-refractivity contribution < 1.29 is 0 Å².